The van der Waals surface area contributed by atoms with Crippen LogP contribution in [0.15, 0.2) is 96.0 Å². The lowest BCUT2D eigenvalue weighted by atomic mass is 9.97. The van der Waals surface area contributed by atoms with E-state index in [4.69, 9.17) is 0 Å². The zero-order valence-electron chi connectivity index (χ0n) is 20.9. The van der Waals surface area contributed by atoms with Crippen LogP contribution in [0.25, 0.3) is 5.69 Å². The minimum Gasteiger partial charge on any atom is -0.316 e. The van der Waals surface area contributed by atoms with Crippen LogP contribution in [-0.2, 0) is 4.79 Å². The maximum Gasteiger partial charge on any atom is 0.322 e. The Morgan fingerprint density at radius 1 is 0.947 bits per heavy atom. The van der Waals surface area contributed by atoms with E-state index in [0.717, 1.165) is 40.4 Å². The smallest absolute Gasteiger partial charge is 0.316 e. The van der Waals surface area contributed by atoms with Gasteiger partial charge in [0, 0.05) is 22.8 Å². The Morgan fingerprint density at radius 2 is 1.66 bits per heavy atom. The van der Waals surface area contributed by atoms with Gasteiger partial charge in [0.25, 0.3) is 0 Å². The van der Waals surface area contributed by atoms with E-state index in [2.05, 4.69) is 9.88 Å². The van der Waals surface area contributed by atoms with Gasteiger partial charge >= 0.3 is 6.03 Å². The van der Waals surface area contributed by atoms with E-state index in [-0.39, 0.29) is 30.3 Å². The molecule has 3 amide bonds. The maximum atomic E-state index is 14.1. The molecule has 1 fully saturated rings. The van der Waals surface area contributed by atoms with Gasteiger partial charge in [-0.15, -0.1) is 11.8 Å². The lowest BCUT2D eigenvalue weighted by Gasteiger charge is -2.39. The predicted octanol–water partition coefficient (Wildman–Crippen LogP) is 6.47. The monoisotopic (exact) mass is 526 g/mol. The number of anilines is 2. The lowest BCUT2D eigenvalue weighted by Crippen LogP contribution is -2.48. The van der Waals surface area contributed by atoms with Crippen LogP contribution in [-0.4, -0.2) is 40.2 Å². The Morgan fingerprint density at radius 3 is 2.34 bits per heavy atom. The number of halogens is 1. The van der Waals surface area contributed by atoms with Crippen molar-refractivity contribution < 1.29 is 14.0 Å². The van der Waals surface area contributed by atoms with E-state index < -0.39 is 6.04 Å². The summed E-state index contributed by atoms with van der Waals surface area (Å²) in [6.45, 7) is -0.0634. The summed E-state index contributed by atoms with van der Waals surface area (Å²) in [7, 11) is 0. The van der Waals surface area contributed by atoms with Crippen LogP contribution in [0.2, 0.25) is 0 Å². The van der Waals surface area contributed by atoms with Gasteiger partial charge in [-0.2, -0.15) is 0 Å². The van der Waals surface area contributed by atoms with Crippen molar-refractivity contribution in [2.45, 2.75) is 29.8 Å². The summed E-state index contributed by atoms with van der Waals surface area (Å²) >= 11 is 1.64. The molecule has 0 saturated heterocycles. The second kappa shape index (κ2) is 10.0. The van der Waals surface area contributed by atoms with Crippen LogP contribution < -0.4 is 10.2 Å². The summed E-state index contributed by atoms with van der Waals surface area (Å²) in [5.41, 5.74) is 4.02. The Kier molecular flexibility index (Phi) is 6.41. The molecule has 0 bridgehead atoms. The molecule has 6 rings (SSSR count). The zero-order valence-corrected chi connectivity index (χ0v) is 21.7. The zero-order chi connectivity index (χ0) is 26.2. The quantitative estimate of drug-likeness (QED) is 0.293. The third-order valence-electron chi connectivity index (χ3n) is 7.07. The van der Waals surface area contributed by atoms with Crippen molar-refractivity contribution >= 4 is 35.1 Å². The molecule has 1 unspecified atom stereocenters. The van der Waals surface area contributed by atoms with Gasteiger partial charge in [-0.25, -0.2) is 9.18 Å². The highest BCUT2D eigenvalue weighted by Crippen LogP contribution is 2.42. The first-order valence-electron chi connectivity index (χ1n) is 12.6. The molecule has 2 heterocycles. The van der Waals surface area contributed by atoms with Crippen molar-refractivity contribution in [3.05, 3.63) is 108 Å². The number of hydrogen-bond acceptors (Lipinski definition) is 3. The van der Waals surface area contributed by atoms with Gasteiger partial charge in [-0.3, -0.25) is 9.69 Å². The molecular weight excluding hydrogens is 499 g/mol. The summed E-state index contributed by atoms with van der Waals surface area (Å²) in [6.07, 6.45) is 5.71. The van der Waals surface area contributed by atoms with Gasteiger partial charge in [-0.1, -0.05) is 24.3 Å². The number of carbonyl (C=O) groups excluding carboxylic acids is 2. The number of aromatic nitrogens is 1. The van der Waals surface area contributed by atoms with E-state index in [1.807, 2.05) is 73.1 Å². The third-order valence-corrected chi connectivity index (χ3v) is 7.81. The molecule has 6 nitrogen and oxygen atoms in total. The molecule has 1 atom stereocenters. The number of amides is 3. The van der Waals surface area contributed by atoms with Crippen LogP contribution >= 0.6 is 11.8 Å². The number of nitrogens with one attached hydrogen (secondary N) is 1. The molecule has 1 aliphatic carbocycles. The first-order chi connectivity index (χ1) is 18.5. The molecule has 2 aliphatic rings. The molecule has 4 aromatic rings. The molecule has 1 N–H and O–H groups in total. The van der Waals surface area contributed by atoms with Crippen LogP contribution in [0, 0.1) is 5.82 Å². The van der Waals surface area contributed by atoms with Crippen LogP contribution in [0.5, 0.6) is 0 Å². The molecular formula is C30H27FN4O2S. The number of benzene rings is 3. The molecule has 0 radical (unpaired) electrons. The van der Waals surface area contributed by atoms with Crippen molar-refractivity contribution in [1.29, 1.82) is 0 Å². The summed E-state index contributed by atoms with van der Waals surface area (Å²) in [5.74, 6) is -0.528. The molecule has 192 valence electrons. The Hall–Kier alpha value is -4.04. The van der Waals surface area contributed by atoms with Crippen molar-refractivity contribution in [1.82, 2.24) is 9.47 Å². The normalized spacial score (nSPS) is 15.9. The fourth-order valence-electron chi connectivity index (χ4n) is 5.07. The highest BCUT2D eigenvalue weighted by molar-refractivity contribution is 7.98. The largest absolute Gasteiger partial charge is 0.322 e. The van der Waals surface area contributed by atoms with Gasteiger partial charge in [0.1, 0.15) is 18.4 Å². The van der Waals surface area contributed by atoms with E-state index in [0.29, 0.717) is 5.69 Å². The highest BCUT2D eigenvalue weighted by atomic mass is 32.2. The van der Waals surface area contributed by atoms with Crippen molar-refractivity contribution in [3.63, 3.8) is 0 Å². The van der Waals surface area contributed by atoms with Gasteiger partial charge in [0.15, 0.2) is 0 Å². The van der Waals surface area contributed by atoms with Crippen LogP contribution in [0.3, 0.4) is 0 Å². The number of urea groups is 1. The molecule has 1 aromatic heterocycles. The van der Waals surface area contributed by atoms with Crippen LogP contribution in [0.1, 0.15) is 30.1 Å². The molecule has 8 heteroatoms. The standard InChI is InChI=1S/C30H27FN4O2S/c1-38-24-16-12-22(13-17-24)32-30(37)34(23-14-15-23)19-28(36)35-26-6-3-2-5-25(26)33-18-4-7-27(33)29(35)20-8-10-21(31)11-9-20/h2-13,16-18,23,29H,14-15,19H2,1H3,(H,32,37). The van der Waals surface area contributed by atoms with Crippen molar-refractivity contribution in [2.24, 2.45) is 0 Å². The number of nitrogens with zero attached hydrogens (tertiary/aromatic N) is 3. The van der Waals surface area contributed by atoms with E-state index in [1.165, 1.54) is 12.1 Å². The number of carbonyl (C=O) groups is 2. The van der Waals surface area contributed by atoms with E-state index in [9.17, 15) is 14.0 Å². The highest BCUT2D eigenvalue weighted by Gasteiger charge is 2.40. The fraction of sp³-hybridized carbons (Fsp3) is 0.200. The number of thioether (sulfide) groups is 1. The SMILES string of the molecule is CSc1ccc(NC(=O)N(CC(=O)N2c3ccccc3-n3cccc3C2c2ccc(F)cc2)C2CC2)cc1. The minimum absolute atomic E-state index is 0.0255. The first-order valence-corrected chi connectivity index (χ1v) is 13.8. The summed E-state index contributed by atoms with van der Waals surface area (Å²) in [6, 6.07) is 24.9. The Bertz CT molecular complexity index is 1480. The summed E-state index contributed by atoms with van der Waals surface area (Å²) < 4.78 is 15.9. The number of fused-ring (bicyclic) bond motifs is 3. The molecule has 3 aromatic carbocycles. The second-order valence-corrected chi connectivity index (χ2v) is 10.4. The third kappa shape index (κ3) is 4.56. The number of hydrogen-bond donors (Lipinski definition) is 1. The average Bonchev–Trinajstić information content (AvgIpc) is 3.66. The lowest BCUT2D eigenvalue weighted by molar-refractivity contribution is -0.119. The predicted molar refractivity (Wildman–Crippen MR) is 148 cm³/mol. The Balaban J connectivity index is 1.33. The summed E-state index contributed by atoms with van der Waals surface area (Å²) in [5, 5.41) is 2.96. The van der Waals surface area contributed by atoms with Crippen LogP contribution in [0.4, 0.5) is 20.6 Å². The minimum atomic E-state index is -0.462. The molecule has 0 spiro atoms. The van der Waals surface area contributed by atoms with Crippen molar-refractivity contribution in [2.75, 3.05) is 23.0 Å². The maximum absolute atomic E-state index is 14.1. The van der Waals surface area contributed by atoms with Gasteiger partial charge in [0.2, 0.25) is 5.91 Å². The van der Waals surface area contributed by atoms with Gasteiger partial charge in [-0.05, 0) is 85.3 Å². The number of para-hydroxylation sites is 2. The fourth-order valence-corrected chi connectivity index (χ4v) is 5.48. The topological polar surface area (TPSA) is 57.6 Å². The van der Waals surface area contributed by atoms with Gasteiger partial charge in [0.05, 0.1) is 17.1 Å². The first kappa shape index (κ1) is 24.3. The van der Waals surface area contributed by atoms with E-state index >= 15 is 0 Å². The molecule has 1 saturated carbocycles. The molecule has 38 heavy (non-hydrogen) atoms. The van der Waals surface area contributed by atoms with Crippen molar-refractivity contribution in [3.8, 4) is 5.69 Å². The Labute approximate surface area is 225 Å². The van der Waals surface area contributed by atoms with Gasteiger partial charge < -0.3 is 14.8 Å². The summed E-state index contributed by atoms with van der Waals surface area (Å²) in [4.78, 5) is 32.0. The average molecular weight is 527 g/mol. The van der Waals surface area contributed by atoms with E-state index in [1.54, 1.807) is 33.7 Å². The second-order valence-electron chi connectivity index (χ2n) is 9.53. The number of rotatable bonds is 6. The molecule has 1 aliphatic heterocycles.